The molecular formula is C17H29NO3. The zero-order valence-electron chi connectivity index (χ0n) is 13.9. The highest BCUT2D eigenvalue weighted by molar-refractivity contribution is 5.40. The first-order valence-electron chi connectivity index (χ1n) is 7.55. The topological polar surface area (TPSA) is 50.7 Å². The van der Waals surface area contributed by atoms with Crippen molar-refractivity contribution < 1.29 is 14.6 Å². The number of aliphatic hydroxyl groups is 1. The van der Waals surface area contributed by atoms with Gasteiger partial charge in [0.05, 0.1) is 6.61 Å². The molecule has 1 aromatic carbocycles. The predicted octanol–water partition coefficient (Wildman–Crippen LogP) is 2.66. The van der Waals surface area contributed by atoms with Gasteiger partial charge < -0.3 is 19.9 Å². The van der Waals surface area contributed by atoms with Gasteiger partial charge >= 0.3 is 0 Å². The van der Waals surface area contributed by atoms with E-state index in [0.717, 1.165) is 23.4 Å². The molecule has 1 atom stereocenters. The average Bonchev–Trinajstić information content (AvgIpc) is 2.41. The van der Waals surface area contributed by atoms with Gasteiger partial charge in [0.15, 0.2) is 0 Å². The van der Waals surface area contributed by atoms with Crippen molar-refractivity contribution in [3.63, 3.8) is 0 Å². The maximum absolute atomic E-state index is 9.82. The highest BCUT2D eigenvalue weighted by Crippen LogP contribution is 2.24. The minimum atomic E-state index is -0.604. The van der Waals surface area contributed by atoms with E-state index < -0.39 is 6.10 Å². The minimum absolute atomic E-state index is 0.0511. The van der Waals surface area contributed by atoms with Crippen molar-refractivity contribution in [2.75, 3.05) is 19.8 Å². The van der Waals surface area contributed by atoms with Gasteiger partial charge in [0.25, 0.3) is 0 Å². The van der Waals surface area contributed by atoms with Crippen LogP contribution in [0.25, 0.3) is 0 Å². The Morgan fingerprint density at radius 3 is 2.57 bits per heavy atom. The van der Waals surface area contributed by atoms with E-state index in [4.69, 9.17) is 9.47 Å². The summed E-state index contributed by atoms with van der Waals surface area (Å²) >= 11 is 0. The Morgan fingerprint density at radius 2 is 1.95 bits per heavy atom. The van der Waals surface area contributed by atoms with E-state index in [-0.39, 0.29) is 12.1 Å². The third-order valence-electron chi connectivity index (χ3n) is 3.04. The number of aryl methyl sites for hydroxylation is 1. The van der Waals surface area contributed by atoms with Crippen LogP contribution in [-0.2, 0) is 11.3 Å². The highest BCUT2D eigenvalue weighted by Gasteiger charge is 2.13. The third kappa shape index (κ3) is 6.93. The van der Waals surface area contributed by atoms with Crippen LogP contribution in [0.1, 0.15) is 38.8 Å². The van der Waals surface area contributed by atoms with Crippen molar-refractivity contribution in [3.8, 4) is 5.75 Å². The fourth-order valence-electron chi connectivity index (χ4n) is 1.90. The first-order chi connectivity index (χ1) is 9.83. The Kier molecular flexibility index (Phi) is 7.15. The number of aliphatic hydroxyl groups excluding tert-OH is 1. The van der Waals surface area contributed by atoms with Crippen LogP contribution in [0.3, 0.4) is 0 Å². The molecule has 0 amide bonds. The summed E-state index contributed by atoms with van der Waals surface area (Å²) in [7, 11) is 0. The lowest BCUT2D eigenvalue weighted by atomic mass is 10.1. The number of hydrogen-bond donors (Lipinski definition) is 2. The van der Waals surface area contributed by atoms with E-state index >= 15 is 0 Å². The second kappa shape index (κ2) is 8.37. The van der Waals surface area contributed by atoms with Crippen LogP contribution in [0.4, 0.5) is 0 Å². The molecule has 0 aromatic heterocycles. The van der Waals surface area contributed by atoms with E-state index in [1.54, 1.807) is 0 Å². The maximum atomic E-state index is 9.82. The standard InChI is InChI=1S/C17H29NO3/c1-6-20-11-15(19)12-21-16-13(2)8-7-9-14(16)10-18-17(3,4)5/h7-9,15,18-19H,6,10-12H2,1-5H3. The molecule has 0 bridgehead atoms. The summed E-state index contributed by atoms with van der Waals surface area (Å²) in [6.07, 6.45) is -0.604. The first-order valence-corrected chi connectivity index (χ1v) is 7.55. The van der Waals surface area contributed by atoms with Crippen molar-refractivity contribution >= 4 is 0 Å². The van der Waals surface area contributed by atoms with Crippen LogP contribution in [0.5, 0.6) is 5.75 Å². The molecule has 0 aliphatic carbocycles. The second-order valence-electron chi connectivity index (χ2n) is 6.29. The van der Waals surface area contributed by atoms with Crippen LogP contribution in [0.2, 0.25) is 0 Å². The summed E-state index contributed by atoms with van der Waals surface area (Å²) in [5.74, 6) is 0.852. The Morgan fingerprint density at radius 1 is 1.24 bits per heavy atom. The van der Waals surface area contributed by atoms with Gasteiger partial charge in [0, 0.05) is 24.3 Å². The van der Waals surface area contributed by atoms with E-state index in [1.807, 2.05) is 26.0 Å². The summed E-state index contributed by atoms with van der Waals surface area (Å²) in [4.78, 5) is 0. The van der Waals surface area contributed by atoms with Gasteiger partial charge in [-0.3, -0.25) is 0 Å². The van der Waals surface area contributed by atoms with E-state index in [2.05, 4.69) is 32.2 Å². The van der Waals surface area contributed by atoms with Crippen molar-refractivity contribution in [2.24, 2.45) is 0 Å². The molecule has 21 heavy (non-hydrogen) atoms. The number of rotatable bonds is 8. The SMILES string of the molecule is CCOCC(O)COc1c(C)cccc1CNC(C)(C)C. The second-order valence-corrected chi connectivity index (χ2v) is 6.29. The first kappa shape index (κ1) is 18.0. The molecule has 4 nitrogen and oxygen atoms in total. The third-order valence-corrected chi connectivity index (χ3v) is 3.04. The van der Waals surface area contributed by atoms with Gasteiger partial charge in [-0.05, 0) is 40.2 Å². The van der Waals surface area contributed by atoms with Crippen LogP contribution in [-0.4, -0.2) is 36.6 Å². The van der Waals surface area contributed by atoms with Gasteiger partial charge in [-0.25, -0.2) is 0 Å². The highest BCUT2D eigenvalue weighted by atomic mass is 16.5. The number of hydrogen-bond acceptors (Lipinski definition) is 4. The molecule has 0 aliphatic rings. The lowest BCUT2D eigenvalue weighted by molar-refractivity contribution is 0.0161. The molecule has 0 saturated heterocycles. The van der Waals surface area contributed by atoms with E-state index in [9.17, 15) is 5.11 Å². The molecule has 0 radical (unpaired) electrons. The largest absolute Gasteiger partial charge is 0.490 e. The summed E-state index contributed by atoms with van der Waals surface area (Å²) in [5, 5.41) is 13.3. The van der Waals surface area contributed by atoms with Crippen molar-refractivity contribution in [2.45, 2.75) is 52.8 Å². The minimum Gasteiger partial charge on any atom is -0.490 e. The molecule has 120 valence electrons. The summed E-state index contributed by atoms with van der Waals surface area (Å²) in [6, 6.07) is 6.10. The number of nitrogens with one attached hydrogen (secondary N) is 1. The monoisotopic (exact) mass is 295 g/mol. The Balaban J connectivity index is 2.67. The predicted molar refractivity (Wildman–Crippen MR) is 85.8 cm³/mol. The molecule has 2 N–H and O–H groups in total. The Hall–Kier alpha value is -1.10. The lowest BCUT2D eigenvalue weighted by Crippen LogP contribution is -2.35. The summed E-state index contributed by atoms with van der Waals surface area (Å²) in [5.41, 5.74) is 2.23. The fourth-order valence-corrected chi connectivity index (χ4v) is 1.90. The number of para-hydroxylation sites is 1. The van der Waals surface area contributed by atoms with Crippen molar-refractivity contribution in [1.82, 2.24) is 5.32 Å². The van der Waals surface area contributed by atoms with Crippen molar-refractivity contribution in [3.05, 3.63) is 29.3 Å². The van der Waals surface area contributed by atoms with Crippen LogP contribution >= 0.6 is 0 Å². The van der Waals surface area contributed by atoms with Gasteiger partial charge in [0.2, 0.25) is 0 Å². The molecule has 0 aliphatic heterocycles. The zero-order chi connectivity index (χ0) is 15.9. The fraction of sp³-hybridized carbons (Fsp3) is 0.647. The number of benzene rings is 1. The summed E-state index contributed by atoms with van der Waals surface area (Å²) in [6.45, 7) is 12.2. The van der Waals surface area contributed by atoms with Gasteiger partial charge in [-0.15, -0.1) is 0 Å². The average molecular weight is 295 g/mol. The smallest absolute Gasteiger partial charge is 0.126 e. The molecule has 0 saturated carbocycles. The Bertz CT molecular complexity index is 427. The molecule has 0 fully saturated rings. The van der Waals surface area contributed by atoms with Gasteiger partial charge in [0.1, 0.15) is 18.5 Å². The Labute approximate surface area is 128 Å². The summed E-state index contributed by atoms with van der Waals surface area (Å²) < 4.78 is 11.0. The van der Waals surface area contributed by atoms with Crippen LogP contribution in [0.15, 0.2) is 18.2 Å². The van der Waals surface area contributed by atoms with E-state index in [0.29, 0.717) is 13.2 Å². The van der Waals surface area contributed by atoms with Crippen LogP contribution in [0, 0.1) is 6.92 Å². The molecular weight excluding hydrogens is 266 g/mol. The van der Waals surface area contributed by atoms with Gasteiger partial charge in [-0.1, -0.05) is 18.2 Å². The zero-order valence-corrected chi connectivity index (χ0v) is 13.9. The van der Waals surface area contributed by atoms with Gasteiger partial charge in [-0.2, -0.15) is 0 Å². The quantitative estimate of drug-likeness (QED) is 0.774. The lowest BCUT2D eigenvalue weighted by Gasteiger charge is -2.22. The molecule has 0 spiro atoms. The number of ether oxygens (including phenoxy) is 2. The molecule has 0 heterocycles. The van der Waals surface area contributed by atoms with Crippen LogP contribution < -0.4 is 10.1 Å². The molecule has 1 rings (SSSR count). The van der Waals surface area contributed by atoms with E-state index in [1.165, 1.54) is 0 Å². The normalized spacial score (nSPS) is 13.2. The van der Waals surface area contributed by atoms with Crippen molar-refractivity contribution in [1.29, 1.82) is 0 Å². The molecule has 1 unspecified atom stereocenters. The maximum Gasteiger partial charge on any atom is 0.126 e. The molecule has 4 heteroatoms. The molecule has 1 aromatic rings.